The average molecular weight is 421 g/mol. The molecule has 0 aliphatic carbocycles. The summed E-state index contributed by atoms with van der Waals surface area (Å²) in [4.78, 5) is 7.08. The van der Waals surface area contributed by atoms with Gasteiger partial charge in [0.15, 0.2) is 0 Å². The predicted octanol–water partition coefficient (Wildman–Crippen LogP) is 7.37. The summed E-state index contributed by atoms with van der Waals surface area (Å²) < 4.78 is 5.56. The molecule has 160 valence electrons. The monoisotopic (exact) mass is 420 g/mol. The quantitative estimate of drug-likeness (QED) is 0.346. The molecule has 1 aliphatic rings. The van der Waals surface area contributed by atoms with Crippen molar-refractivity contribution in [2.75, 3.05) is 12.0 Å². The summed E-state index contributed by atoms with van der Waals surface area (Å²) in [6.45, 7) is 7.47. The van der Waals surface area contributed by atoms with Gasteiger partial charge >= 0.3 is 0 Å². The van der Waals surface area contributed by atoms with E-state index in [1.54, 1.807) is 7.11 Å². The summed E-state index contributed by atoms with van der Waals surface area (Å²) >= 11 is 0. The maximum Gasteiger partial charge on any atom is 0.133 e. The van der Waals surface area contributed by atoms with Crippen LogP contribution in [0.15, 0.2) is 85.1 Å². The van der Waals surface area contributed by atoms with Gasteiger partial charge < -0.3 is 9.64 Å². The number of ether oxygens (including phenoxy) is 1. The molecule has 0 bridgehead atoms. The van der Waals surface area contributed by atoms with Gasteiger partial charge in [-0.1, -0.05) is 63.2 Å². The zero-order chi connectivity index (χ0) is 22.3. The van der Waals surface area contributed by atoms with Crippen LogP contribution in [0.3, 0.4) is 0 Å². The average Bonchev–Trinajstić information content (AvgIpc) is 2.83. The largest absolute Gasteiger partial charge is 0.497 e. The minimum absolute atomic E-state index is 0.0586. The first-order valence-corrected chi connectivity index (χ1v) is 11.0. The second-order valence-corrected chi connectivity index (χ2v) is 9.36. The van der Waals surface area contributed by atoms with E-state index in [0.29, 0.717) is 0 Å². The number of anilines is 2. The number of methoxy groups -OCH3 is 1. The standard InChI is InChI=1S/C29H28N2O/c1-29(2,3)23-14-15-30-28(17-23)31-19-22-16-21(20-8-6-5-7-9-20)10-12-25(22)26-13-11-24(32-4)18-27(26)31/h5-18H,19H2,1-4H3. The molecule has 3 aromatic carbocycles. The highest BCUT2D eigenvalue weighted by molar-refractivity contribution is 5.88. The molecule has 0 radical (unpaired) electrons. The minimum atomic E-state index is 0.0586. The Morgan fingerprint density at radius 1 is 0.812 bits per heavy atom. The number of rotatable bonds is 3. The zero-order valence-corrected chi connectivity index (χ0v) is 19.1. The van der Waals surface area contributed by atoms with Crippen molar-refractivity contribution in [2.45, 2.75) is 32.7 Å². The van der Waals surface area contributed by atoms with Gasteiger partial charge in [-0.05, 0) is 63.6 Å². The molecule has 0 saturated heterocycles. The first kappa shape index (κ1) is 20.3. The van der Waals surface area contributed by atoms with Crippen molar-refractivity contribution < 1.29 is 4.74 Å². The highest BCUT2D eigenvalue weighted by atomic mass is 16.5. The van der Waals surface area contributed by atoms with Gasteiger partial charge in [0.25, 0.3) is 0 Å². The molecular formula is C29H28N2O. The first-order chi connectivity index (χ1) is 15.4. The molecule has 3 heteroatoms. The Morgan fingerprint density at radius 2 is 1.59 bits per heavy atom. The number of benzene rings is 3. The van der Waals surface area contributed by atoms with E-state index < -0.39 is 0 Å². The zero-order valence-electron chi connectivity index (χ0n) is 19.1. The van der Waals surface area contributed by atoms with Crippen molar-refractivity contribution in [3.63, 3.8) is 0 Å². The van der Waals surface area contributed by atoms with Crippen molar-refractivity contribution in [1.29, 1.82) is 0 Å². The summed E-state index contributed by atoms with van der Waals surface area (Å²) in [6.07, 6.45) is 1.92. The molecule has 0 unspecified atom stereocenters. The molecule has 0 N–H and O–H groups in total. The number of hydrogen-bond donors (Lipinski definition) is 0. The number of hydrogen-bond acceptors (Lipinski definition) is 3. The van der Waals surface area contributed by atoms with E-state index >= 15 is 0 Å². The second kappa shape index (κ2) is 7.83. The molecule has 4 aromatic rings. The molecule has 0 saturated carbocycles. The van der Waals surface area contributed by atoms with Crippen LogP contribution in [-0.4, -0.2) is 12.1 Å². The van der Waals surface area contributed by atoms with Gasteiger partial charge in [0.1, 0.15) is 11.6 Å². The van der Waals surface area contributed by atoms with Crippen LogP contribution >= 0.6 is 0 Å². The van der Waals surface area contributed by atoms with E-state index in [1.807, 2.05) is 12.3 Å². The van der Waals surface area contributed by atoms with Crippen LogP contribution in [0.25, 0.3) is 22.3 Å². The third-order valence-corrected chi connectivity index (χ3v) is 6.21. The van der Waals surface area contributed by atoms with Crippen molar-refractivity contribution in [2.24, 2.45) is 0 Å². The van der Waals surface area contributed by atoms with Crippen molar-refractivity contribution in [1.82, 2.24) is 4.98 Å². The van der Waals surface area contributed by atoms with Crippen LogP contribution in [0.2, 0.25) is 0 Å². The third kappa shape index (κ3) is 3.64. The van der Waals surface area contributed by atoms with Gasteiger partial charge in [0.2, 0.25) is 0 Å². The topological polar surface area (TPSA) is 25.4 Å². The fraction of sp³-hybridized carbons (Fsp3) is 0.207. The molecular weight excluding hydrogens is 392 g/mol. The molecule has 3 nitrogen and oxygen atoms in total. The highest BCUT2D eigenvalue weighted by Gasteiger charge is 2.26. The smallest absolute Gasteiger partial charge is 0.133 e. The lowest BCUT2D eigenvalue weighted by molar-refractivity contribution is 0.415. The lowest BCUT2D eigenvalue weighted by Crippen LogP contribution is -2.23. The van der Waals surface area contributed by atoms with Crippen molar-refractivity contribution in [3.8, 4) is 28.0 Å². The normalized spacial score (nSPS) is 12.8. The summed E-state index contributed by atoms with van der Waals surface area (Å²) in [5, 5.41) is 0. The van der Waals surface area contributed by atoms with E-state index in [9.17, 15) is 0 Å². The summed E-state index contributed by atoms with van der Waals surface area (Å²) in [7, 11) is 1.72. The fourth-order valence-corrected chi connectivity index (χ4v) is 4.38. The van der Waals surface area contributed by atoms with E-state index in [-0.39, 0.29) is 5.41 Å². The lowest BCUT2D eigenvalue weighted by Gasteiger charge is -2.33. The summed E-state index contributed by atoms with van der Waals surface area (Å²) in [5.41, 5.74) is 8.70. The molecule has 0 atom stereocenters. The van der Waals surface area contributed by atoms with Crippen LogP contribution in [0, 0.1) is 0 Å². The highest BCUT2D eigenvalue weighted by Crippen LogP contribution is 2.45. The number of nitrogens with zero attached hydrogens (tertiary/aromatic N) is 2. The number of aromatic nitrogens is 1. The Bertz CT molecular complexity index is 1270. The van der Waals surface area contributed by atoms with Crippen molar-refractivity contribution in [3.05, 3.63) is 96.2 Å². The number of fused-ring (bicyclic) bond motifs is 3. The van der Waals surface area contributed by atoms with Crippen LogP contribution < -0.4 is 9.64 Å². The van der Waals surface area contributed by atoms with Crippen LogP contribution in [0.1, 0.15) is 31.9 Å². The second-order valence-electron chi connectivity index (χ2n) is 9.36. The van der Waals surface area contributed by atoms with Gasteiger partial charge in [-0.25, -0.2) is 4.98 Å². The van der Waals surface area contributed by atoms with Gasteiger partial charge in [0, 0.05) is 17.8 Å². The Balaban J connectivity index is 1.66. The first-order valence-electron chi connectivity index (χ1n) is 11.0. The summed E-state index contributed by atoms with van der Waals surface area (Å²) in [6, 6.07) is 28.0. The van der Waals surface area contributed by atoms with E-state index in [4.69, 9.17) is 9.72 Å². The molecule has 1 aliphatic heterocycles. The molecule has 0 spiro atoms. The molecule has 2 heterocycles. The number of pyridine rings is 1. The Hall–Kier alpha value is -3.59. The molecule has 1 aromatic heterocycles. The fourth-order valence-electron chi connectivity index (χ4n) is 4.38. The van der Waals surface area contributed by atoms with Gasteiger partial charge in [-0.15, -0.1) is 0 Å². The predicted molar refractivity (Wildman–Crippen MR) is 133 cm³/mol. The van der Waals surface area contributed by atoms with Crippen LogP contribution in [-0.2, 0) is 12.0 Å². The Labute approximate surface area is 190 Å². The maximum absolute atomic E-state index is 5.56. The Kier molecular flexibility index (Phi) is 4.97. The SMILES string of the molecule is COc1ccc2c(c1)N(c1cc(C(C)(C)C)ccn1)Cc1cc(-c3ccccc3)ccc1-2. The minimum Gasteiger partial charge on any atom is -0.497 e. The van der Waals surface area contributed by atoms with Gasteiger partial charge in [-0.3, -0.25) is 0 Å². The van der Waals surface area contributed by atoms with Crippen LogP contribution in [0.5, 0.6) is 5.75 Å². The molecule has 5 rings (SSSR count). The summed E-state index contributed by atoms with van der Waals surface area (Å²) in [5.74, 6) is 1.81. The van der Waals surface area contributed by atoms with E-state index in [0.717, 1.165) is 23.8 Å². The molecule has 0 fully saturated rings. The van der Waals surface area contributed by atoms with Gasteiger partial charge in [-0.2, -0.15) is 0 Å². The van der Waals surface area contributed by atoms with E-state index in [2.05, 4.69) is 98.5 Å². The van der Waals surface area contributed by atoms with Gasteiger partial charge in [0.05, 0.1) is 19.3 Å². The molecule has 0 amide bonds. The third-order valence-electron chi connectivity index (χ3n) is 6.21. The van der Waals surface area contributed by atoms with Crippen molar-refractivity contribution >= 4 is 11.5 Å². The van der Waals surface area contributed by atoms with Crippen LogP contribution in [0.4, 0.5) is 11.5 Å². The lowest BCUT2D eigenvalue weighted by atomic mass is 9.87. The maximum atomic E-state index is 5.56. The molecule has 32 heavy (non-hydrogen) atoms. The van der Waals surface area contributed by atoms with E-state index in [1.165, 1.54) is 33.4 Å². The Morgan fingerprint density at radius 3 is 2.34 bits per heavy atom.